The summed E-state index contributed by atoms with van der Waals surface area (Å²) >= 11 is 5.15. The van der Waals surface area contributed by atoms with E-state index >= 15 is 0 Å². The first-order valence-corrected chi connectivity index (χ1v) is 6.25. The number of anilines is 1. The normalized spacial score (nSPS) is 11.3. The van der Waals surface area contributed by atoms with Crippen molar-refractivity contribution in [2.75, 3.05) is 5.32 Å². The quantitative estimate of drug-likeness (QED) is 0.781. The second-order valence-corrected chi connectivity index (χ2v) is 5.47. The van der Waals surface area contributed by atoms with Gasteiger partial charge in [-0.3, -0.25) is 5.32 Å². The summed E-state index contributed by atoms with van der Waals surface area (Å²) in [5.74, 6) is 0.294. The first-order chi connectivity index (χ1) is 8.85. The Morgan fingerprint density at radius 3 is 2.74 bits per heavy atom. The Morgan fingerprint density at radius 2 is 2.05 bits per heavy atom. The standard InChI is InChI=1S/C13H15N3O2S/c1-13(2,3)18-12(17)16-10-11(19)15-9-7-5-4-6-8(9)14-10/h4-7H,1-3H3,(H,15,19)(H,14,16,17). The van der Waals surface area contributed by atoms with Gasteiger partial charge in [0.15, 0.2) is 5.82 Å². The van der Waals surface area contributed by atoms with Gasteiger partial charge in [0.2, 0.25) is 0 Å². The first kappa shape index (κ1) is 13.5. The predicted molar refractivity (Wildman–Crippen MR) is 76.8 cm³/mol. The molecule has 0 saturated heterocycles. The van der Waals surface area contributed by atoms with Crippen LogP contribution in [0.15, 0.2) is 24.3 Å². The number of fused-ring (bicyclic) bond motifs is 1. The fraction of sp³-hybridized carbons (Fsp3) is 0.308. The van der Waals surface area contributed by atoms with Gasteiger partial charge >= 0.3 is 6.09 Å². The number of aromatic nitrogens is 2. The van der Waals surface area contributed by atoms with Crippen LogP contribution in [0.5, 0.6) is 0 Å². The Bertz CT molecular complexity index is 673. The zero-order chi connectivity index (χ0) is 14.0. The lowest BCUT2D eigenvalue weighted by Gasteiger charge is -2.19. The molecule has 0 aliphatic rings. The number of carbonyl (C=O) groups is 1. The first-order valence-electron chi connectivity index (χ1n) is 5.84. The molecule has 5 nitrogen and oxygen atoms in total. The molecule has 6 heteroatoms. The Hall–Kier alpha value is -1.95. The van der Waals surface area contributed by atoms with Gasteiger partial charge in [-0.25, -0.2) is 9.78 Å². The van der Waals surface area contributed by atoms with Crippen molar-refractivity contribution in [3.63, 3.8) is 0 Å². The van der Waals surface area contributed by atoms with Crippen LogP contribution in [0.3, 0.4) is 0 Å². The fourth-order valence-electron chi connectivity index (χ4n) is 1.51. The highest BCUT2D eigenvalue weighted by atomic mass is 32.1. The zero-order valence-corrected chi connectivity index (χ0v) is 11.8. The van der Waals surface area contributed by atoms with Crippen LogP contribution in [0.2, 0.25) is 0 Å². The van der Waals surface area contributed by atoms with Crippen molar-refractivity contribution in [3.05, 3.63) is 28.9 Å². The van der Waals surface area contributed by atoms with Gasteiger partial charge in [0.1, 0.15) is 10.2 Å². The van der Waals surface area contributed by atoms with Crippen LogP contribution >= 0.6 is 12.2 Å². The smallest absolute Gasteiger partial charge is 0.413 e. The third-order valence-corrected chi connectivity index (χ3v) is 2.51. The number of nitrogens with zero attached hydrogens (tertiary/aromatic N) is 1. The summed E-state index contributed by atoms with van der Waals surface area (Å²) < 4.78 is 5.52. The summed E-state index contributed by atoms with van der Waals surface area (Å²) in [6, 6.07) is 7.45. The molecule has 0 spiro atoms. The van der Waals surface area contributed by atoms with Gasteiger partial charge in [0, 0.05) is 0 Å². The molecule has 0 saturated carbocycles. The minimum atomic E-state index is -0.574. The highest BCUT2D eigenvalue weighted by Crippen LogP contribution is 2.15. The van der Waals surface area contributed by atoms with Crippen LogP contribution in [0.25, 0.3) is 11.0 Å². The van der Waals surface area contributed by atoms with Crippen LogP contribution in [-0.4, -0.2) is 21.7 Å². The third kappa shape index (κ3) is 3.51. The Labute approximate surface area is 116 Å². The summed E-state index contributed by atoms with van der Waals surface area (Å²) in [5, 5.41) is 2.55. The van der Waals surface area contributed by atoms with Crippen LogP contribution in [0, 0.1) is 4.64 Å². The number of ether oxygens (including phenoxy) is 1. The summed E-state index contributed by atoms with van der Waals surface area (Å²) in [6.45, 7) is 5.38. The molecule has 19 heavy (non-hydrogen) atoms. The molecule has 2 N–H and O–H groups in total. The summed E-state index contributed by atoms with van der Waals surface area (Å²) in [7, 11) is 0. The van der Waals surface area contributed by atoms with E-state index in [1.54, 1.807) is 20.8 Å². The molecule has 0 fully saturated rings. The summed E-state index contributed by atoms with van der Waals surface area (Å²) in [4.78, 5) is 19.0. The molecule has 0 atom stereocenters. The van der Waals surface area contributed by atoms with Gasteiger partial charge in [0.25, 0.3) is 0 Å². The molecule has 0 bridgehead atoms. The Balaban J connectivity index is 2.28. The number of para-hydroxylation sites is 2. The molecule has 100 valence electrons. The molecule has 0 aliphatic heterocycles. The van der Waals surface area contributed by atoms with E-state index in [4.69, 9.17) is 17.0 Å². The largest absolute Gasteiger partial charge is 0.444 e. The highest BCUT2D eigenvalue weighted by Gasteiger charge is 2.17. The summed E-state index contributed by atoms with van der Waals surface area (Å²) in [5.41, 5.74) is 0.983. The maximum absolute atomic E-state index is 11.7. The number of H-pyrrole nitrogens is 1. The number of rotatable bonds is 1. The van der Waals surface area contributed by atoms with Crippen molar-refractivity contribution in [2.45, 2.75) is 26.4 Å². The lowest BCUT2D eigenvalue weighted by atomic mass is 10.2. The molecule has 0 radical (unpaired) electrons. The summed E-state index contributed by atoms with van der Waals surface area (Å²) in [6.07, 6.45) is -0.574. The van der Waals surface area contributed by atoms with Crippen molar-refractivity contribution in [1.29, 1.82) is 0 Å². The minimum absolute atomic E-state index is 0.294. The molecule has 1 amide bonds. The van der Waals surface area contributed by atoms with E-state index in [-0.39, 0.29) is 0 Å². The number of nitrogens with one attached hydrogen (secondary N) is 2. The number of carbonyl (C=O) groups excluding carboxylic acids is 1. The fourth-order valence-corrected chi connectivity index (χ4v) is 1.72. The van der Waals surface area contributed by atoms with E-state index in [1.807, 2.05) is 24.3 Å². The molecule has 1 heterocycles. The molecule has 1 aromatic carbocycles. The van der Waals surface area contributed by atoms with Gasteiger partial charge in [-0.1, -0.05) is 24.4 Å². The van der Waals surface area contributed by atoms with Crippen molar-refractivity contribution >= 4 is 35.2 Å². The van der Waals surface area contributed by atoms with Crippen molar-refractivity contribution in [1.82, 2.24) is 9.97 Å². The third-order valence-electron chi connectivity index (χ3n) is 2.22. The van der Waals surface area contributed by atoms with Gasteiger partial charge < -0.3 is 9.72 Å². The molecule has 1 aromatic heterocycles. The van der Waals surface area contributed by atoms with Crippen LogP contribution in [0.4, 0.5) is 10.6 Å². The monoisotopic (exact) mass is 277 g/mol. The van der Waals surface area contributed by atoms with E-state index in [0.717, 1.165) is 11.0 Å². The molecular weight excluding hydrogens is 262 g/mol. The van der Waals surface area contributed by atoms with Gasteiger partial charge in [-0.15, -0.1) is 0 Å². The molecular formula is C13H15N3O2S. The number of hydrogen-bond acceptors (Lipinski definition) is 4. The lowest BCUT2D eigenvalue weighted by Crippen LogP contribution is -2.27. The highest BCUT2D eigenvalue weighted by molar-refractivity contribution is 7.71. The molecule has 2 aromatic rings. The topological polar surface area (TPSA) is 67.0 Å². The van der Waals surface area contributed by atoms with Crippen molar-refractivity contribution in [2.24, 2.45) is 0 Å². The van der Waals surface area contributed by atoms with Crippen molar-refractivity contribution < 1.29 is 9.53 Å². The second kappa shape index (κ2) is 4.97. The van der Waals surface area contributed by atoms with Crippen LogP contribution in [-0.2, 0) is 4.74 Å². The molecule has 2 rings (SSSR count). The van der Waals surface area contributed by atoms with Gasteiger partial charge in [-0.05, 0) is 32.9 Å². The number of amides is 1. The predicted octanol–water partition coefficient (Wildman–Crippen LogP) is 3.64. The van der Waals surface area contributed by atoms with Crippen LogP contribution < -0.4 is 5.32 Å². The van der Waals surface area contributed by atoms with E-state index in [1.165, 1.54) is 0 Å². The maximum Gasteiger partial charge on any atom is 0.413 e. The van der Waals surface area contributed by atoms with Crippen LogP contribution in [0.1, 0.15) is 20.8 Å². The number of hydrogen-bond donors (Lipinski definition) is 2. The average Bonchev–Trinajstić information content (AvgIpc) is 2.27. The SMILES string of the molecule is CC(C)(C)OC(=O)Nc1nc2ccccc2[nH]c1=S. The number of benzene rings is 1. The lowest BCUT2D eigenvalue weighted by molar-refractivity contribution is 0.0635. The zero-order valence-electron chi connectivity index (χ0n) is 11.0. The van der Waals surface area contributed by atoms with Gasteiger partial charge in [-0.2, -0.15) is 0 Å². The van der Waals surface area contributed by atoms with Gasteiger partial charge in [0.05, 0.1) is 11.0 Å². The van der Waals surface area contributed by atoms with E-state index < -0.39 is 11.7 Å². The average molecular weight is 277 g/mol. The molecule has 0 unspecified atom stereocenters. The minimum Gasteiger partial charge on any atom is -0.444 e. The number of aromatic amines is 1. The maximum atomic E-state index is 11.7. The van der Waals surface area contributed by atoms with E-state index in [9.17, 15) is 4.79 Å². The van der Waals surface area contributed by atoms with E-state index in [0.29, 0.717) is 10.5 Å². The van der Waals surface area contributed by atoms with Crippen molar-refractivity contribution in [3.8, 4) is 0 Å². The molecule has 0 aliphatic carbocycles. The Morgan fingerprint density at radius 1 is 1.37 bits per heavy atom. The second-order valence-electron chi connectivity index (χ2n) is 5.06. The van der Waals surface area contributed by atoms with E-state index in [2.05, 4.69) is 15.3 Å². The Kier molecular flexibility index (Phi) is 3.53.